The minimum absolute atomic E-state index is 0.114. The summed E-state index contributed by atoms with van der Waals surface area (Å²) in [5.74, 6) is 0.729. The molecule has 1 atom stereocenters. The molecule has 0 unspecified atom stereocenters. The molecular formula is C11H17N3O3. The van der Waals surface area contributed by atoms with Crippen LogP contribution in [0, 0.1) is 0 Å². The monoisotopic (exact) mass is 239 g/mol. The first-order valence-corrected chi connectivity index (χ1v) is 5.58. The molecule has 0 saturated carbocycles. The van der Waals surface area contributed by atoms with E-state index in [9.17, 15) is 4.79 Å². The summed E-state index contributed by atoms with van der Waals surface area (Å²) in [6, 6.07) is 1.68. The first-order chi connectivity index (χ1) is 7.94. The van der Waals surface area contributed by atoms with Crippen molar-refractivity contribution in [3.05, 3.63) is 12.3 Å². The van der Waals surface area contributed by atoms with Crippen LogP contribution >= 0.6 is 0 Å². The molecule has 1 aromatic heterocycles. The number of nitrogens with one attached hydrogen (secondary N) is 1. The Hall–Kier alpha value is -1.72. The van der Waals surface area contributed by atoms with Crippen LogP contribution in [0.15, 0.2) is 12.3 Å². The second-order valence-electron chi connectivity index (χ2n) is 5.01. The first kappa shape index (κ1) is 11.8. The number of alkyl carbamates (subject to hydrolysis) is 1. The summed E-state index contributed by atoms with van der Waals surface area (Å²) in [4.78, 5) is 11.6. The zero-order chi connectivity index (χ0) is 12.5. The Kier molecular flexibility index (Phi) is 2.95. The average molecular weight is 239 g/mol. The number of nitrogens with zero attached hydrogens (tertiary/aromatic N) is 2. The lowest BCUT2D eigenvalue weighted by molar-refractivity contribution is 0.0461. The van der Waals surface area contributed by atoms with Gasteiger partial charge in [0.15, 0.2) is 0 Å². The molecule has 1 N–H and O–H groups in total. The predicted molar refractivity (Wildman–Crippen MR) is 60.9 cm³/mol. The summed E-state index contributed by atoms with van der Waals surface area (Å²) in [6.45, 7) is 6.52. The molecule has 1 aromatic rings. The fraction of sp³-hybridized carbons (Fsp3) is 0.636. The van der Waals surface area contributed by atoms with E-state index in [2.05, 4.69) is 10.4 Å². The average Bonchev–Trinajstić information content (AvgIpc) is 2.61. The van der Waals surface area contributed by atoms with Gasteiger partial charge in [-0.1, -0.05) is 0 Å². The number of amides is 1. The van der Waals surface area contributed by atoms with Crippen molar-refractivity contribution in [1.82, 2.24) is 15.1 Å². The van der Waals surface area contributed by atoms with E-state index in [1.165, 1.54) is 0 Å². The lowest BCUT2D eigenvalue weighted by atomic mass is 10.2. The van der Waals surface area contributed by atoms with Crippen molar-refractivity contribution in [3.8, 4) is 5.88 Å². The summed E-state index contributed by atoms with van der Waals surface area (Å²) in [5.41, 5.74) is -0.490. The molecular weight excluding hydrogens is 222 g/mol. The molecule has 17 heavy (non-hydrogen) atoms. The van der Waals surface area contributed by atoms with Crippen LogP contribution in [0.25, 0.3) is 0 Å². The van der Waals surface area contributed by atoms with Gasteiger partial charge in [-0.2, -0.15) is 5.10 Å². The van der Waals surface area contributed by atoms with E-state index < -0.39 is 11.7 Å². The molecule has 1 amide bonds. The van der Waals surface area contributed by atoms with Gasteiger partial charge in [0.2, 0.25) is 5.88 Å². The second kappa shape index (κ2) is 4.27. The smallest absolute Gasteiger partial charge is 0.408 e. The molecule has 0 aliphatic carbocycles. The molecule has 0 bridgehead atoms. The Balaban J connectivity index is 1.88. The lowest BCUT2D eigenvalue weighted by Crippen LogP contribution is -2.46. The lowest BCUT2D eigenvalue weighted by Gasteiger charge is -2.26. The third-order valence-electron chi connectivity index (χ3n) is 2.22. The summed E-state index contributed by atoms with van der Waals surface area (Å²) in [5, 5.41) is 6.85. The zero-order valence-electron chi connectivity index (χ0n) is 10.3. The summed E-state index contributed by atoms with van der Waals surface area (Å²) in [6.07, 6.45) is 1.24. The van der Waals surface area contributed by atoms with Crippen molar-refractivity contribution in [2.24, 2.45) is 0 Å². The van der Waals surface area contributed by atoms with Crippen LogP contribution in [-0.2, 0) is 11.3 Å². The molecule has 1 aliphatic rings. The van der Waals surface area contributed by atoms with Crippen LogP contribution < -0.4 is 10.1 Å². The number of rotatable bonds is 1. The number of fused-ring (bicyclic) bond motifs is 1. The fourth-order valence-electron chi connectivity index (χ4n) is 1.59. The number of hydrogen-bond donors (Lipinski definition) is 1. The SMILES string of the molecule is CC(C)(C)OC(=O)N[C@@H]1COc2ccnn2C1. The third-order valence-corrected chi connectivity index (χ3v) is 2.22. The molecule has 0 aromatic carbocycles. The van der Waals surface area contributed by atoms with Gasteiger partial charge in [-0.05, 0) is 20.8 Å². The van der Waals surface area contributed by atoms with Gasteiger partial charge in [-0.15, -0.1) is 0 Å². The molecule has 0 spiro atoms. The number of aromatic nitrogens is 2. The Morgan fingerprint density at radius 3 is 3.12 bits per heavy atom. The van der Waals surface area contributed by atoms with Crippen LogP contribution in [0.2, 0.25) is 0 Å². The van der Waals surface area contributed by atoms with E-state index in [4.69, 9.17) is 9.47 Å². The number of ether oxygens (including phenoxy) is 2. The molecule has 0 fully saturated rings. The second-order valence-corrected chi connectivity index (χ2v) is 5.01. The van der Waals surface area contributed by atoms with Gasteiger partial charge in [0.1, 0.15) is 12.2 Å². The highest BCUT2D eigenvalue weighted by Crippen LogP contribution is 2.15. The molecule has 2 heterocycles. The zero-order valence-corrected chi connectivity index (χ0v) is 10.3. The molecule has 94 valence electrons. The summed E-state index contributed by atoms with van der Waals surface area (Å²) < 4.78 is 12.3. The first-order valence-electron chi connectivity index (χ1n) is 5.58. The van der Waals surface area contributed by atoms with Gasteiger partial charge in [0.05, 0.1) is 18.8 Å². The van der Waals surface area contributed by atoms with Gasteiger partial charge >= 0.3 is 6.09 Å². The van der Waals surface area contributed by atoms with E-state index in [1.807, 2.05) is 20.8 Å². The minimum atomic E-state index is -0.490. The highest BCUT2D eigenvalue weighted by atomic mass is 16.6. The van der Waals surface area contributed by atoms with Gasteiger partial charge in [0.25, 0.3) is 0 Å². The predicted octanol–water partition coefficient (Wildman–Crippen LogP) is 1.17. The standard InChI is InChI=1S/C11H17N3O3/c1-11(2,3)17-10(15)13-8-6-14-9(16-7-8)4-5-12-14/h4-5,8H,6-7H2,1-3H3,(H,13,15)/t8-/m0/s1. The van der Waals surface area contributed by atoms with Gasteiger partial charge < -0.3 is 14.8 Å². The number of carbonyl (C=O) groups is 1. The van der Waals surface area contributed by atoms with E-state index in [-0.39, 0.29) is 6.04 Å². The summed E-state index contributed by atoms with van der Waals surface area (Å²) in [7, 11) is 0. The van der Waals surface area contributed by atoms with Crippen molar-refractivity contribution in [2.75, 3.05) is 6.61 Å². The van der Waals surface area contributed by atoms with Crippen LogP contribution in [0.3, 0.4) is 0 Å². The Morgan fingerprint density at radius 1 is 1.65 bits per heavy atom. The van der Waals surface area contributed by atoms with E-state index >= 15 is 0 Å². The van der Waals surface area contributed by atoms with Crippen molar-refractivity contribution >= 4 is 6.09 Å². The maximum Gasteiger partial charge on any atom is 0.408 e. The Morgan fingerprint density at radius 2 is 2.41 bits per heavy atom. The maximum atomic E-state index is 11.6. The van der Waals surface area contributed by atoms with Crippen LogP contribution in [0.1, 0.15) is 20.8 Å². The van der Waals surface area contributed by atoms with Gasteiger partial charge in [-0.3, -0.25) is 0 Å². The number of hydrogen-bond acceptors (Lipinski definition) is 4. The van der Waals surface area contributed by atoms with Gasteiger partial charge in [0, 0.05) is 6.07 Å². The Bertz CT molecular complexity index is 408. The molecule has 1 aliphatic heterocycles. The largest absolute Gasteiger partial charge is 0.476 e. The highest BCUT2D eigenvalue weighted by Gasteiger charge is 2.24. The van der Waals surface area contributed by atoms with Gasteiger partial charge in [-0.25, -0.2) is 9.48 Å². The van der Waals surface area contributed by atoms with Crippen molar-refractivity contribution in [3.63, 3.8) is 0 Å². The fourth-order valence-corrected chi connectivity index (χ4v) is 1.59. The molecule has 2 rings (SSSR count). The molecule has 0 radical (unpaired) electrons. The Labute approximate surface area is 99.9 Å². The highest BCUT2D eigenvalue weighted by molar-refractivity contribution is 5.68. The van der Waals surface area contributed by atoms with Crippen LogP contribution in [0.5, 0.6) is 5.88 Å². The molecule has 6 heteroatoms. The van der Waals surface area contributed by atoms with Crippen LogP contribution in [0.4, 0.5) is 4.79 Å². The maximum absolute atomic E-state index is 11.6. The summed E-state index contributed by atoms with van der Waals surface area (Å²) >= 11 is 0. The van der Waals surface area contributed by atoms with Crippen molar-refractivity contribution in [2.45, 2.75) is 39.0 Å². The van der Waals surface area contributed by atoms with Crippen molar-refractivity contribution in [1.29, 1.82) is 0 Å². The normalized spacial score (nSPS) is 19.1. The topological polar surface area (TPSA) is 65.4 Å². The minimum Gasteiger partial charge on any atom is -0.476 e. The molecule has 0 saturated heterocycles. The number of carbonyl (C=O) groups excluding carboxylic acids is 1. The van der Waals surface area contributed by atoms with E-state index in [0.717, 1.165) is 5.88 Å². The van der Waals surface area contributed by atoms with Crippen LogP contribution in [-0.4, -0.2) is 34.1 Å². The van der Waals surface area contributed by atoms with E-state index in [0.29, 0.717) is 13.2 Å². The van der Waals surface area contributed by atoms with E-state index in [1.54, 1.807) is 16.9 Å². The quantitative estimate of drug-likeness (QED) is 0.799. The third kappa shape index (κ3) is 3.12. The molecule has 6 nitrogen and oxygen atoms in total. The van der Waals surface area contributed by atoms with Crippen molar-refractivity contribution < 1.29 is 14.3 Å².